The van der Waals surface area contributed by atoms with Gasteiger partial charge in [0, 0.05) is 24.3 Å². The molecule has 0 amide bonds. The first-order valence-electron chi connectivity index (χ1n) is 5.88. The molecule has 1 N–H and O–H groups in total. The molecule has 2 rings (SSSR count). The van der Waals surface area contributed by atoms with Crippen LogP contribution in [0.5, 0.6) is 0 Å². The molecule has 0 radical (unpaired) electrons. The van der Waals surface area contributed by atoms with E-state index in [9.17, 15) is 5.11 Å². The Morgan fingerprint density at radius 3 is 2.72 bits per heavy atom. The van der Waals surface area contributed by atoms with Crippen LogP contribution in [0, 0.1) is 5.92 Å². The summed E-state index contributed by atoms with van der Waals surface area (Å²) in [5, 5.41) is 17.4. The predicted octanol–water partition coefficient (Wildman–Crippen LogP) is 1.97. The van der Waals surface area contributed by atoms with E-state index in [1.807, 2.05) is 31.4 Å². The molecule has 0 spiro atoms. The molecule has 18 heavy (non-hydrogen) atoms. The molecule has 1 atom stereocenters. The van der Waals surface area contributed by atoms with Gasteiger partial charge in [0.05, 0.1) is 5.69 Å². The van der Waals surface area contributed by atoms with Crippen LogP contribution in [0.2, 0.25) is 0 Å². The molecular weight excluding hydrogens is 294 g/mol. The summed E-state index contributed by atoms with van der Waals surface area (Å²) in [5.41, 5.74) is 2.13. The Kier molecular flexibility index (Phi) is 4.49. The van der Waals surface area contributed by atoms with Gasteiger partial charge < -0.3 is 5.11 Å². The molecule has 1 heterocycles. The number of benzene rings is 1. The molecule has 0 saturated carbocycles. The van der Waals surface area contributed by atoms with Crippen molar-refractivity contribution < 1.29 is 5.11 Å². The third-order valence-corrected chi connectivity index (χ3v) is 3.65. The lowest BCUT2D eigenvalue weighted by Crippen LogP contribution is -2.13. The summed E-state index contributed by atoms with van der Waals surface area (Å²) < 4.78 is 2.77. The number of hydrogen-bond acceptors (Lipinski definition) is 3. The summed E-state index contributed by atoms with van der Waals surface area (Å²) in [5.74, 6) is 0.167. The Bertz CT molecular complexity index is 512. The van der Waals surface area contributed by atoms with Crippen LogP contribution in [-0.4, -0.2) is 26.7 Å². The van der Waals surface area contributed by atoms with Crippen LogP contribution >= 0.6 is 15.9 Å². The number of aryl methyl sites for hydroxylation is 1. The first-order valence-corrected chi connectivity index (χ1v) is 6.68. The number of aliphatic hydroxyl groups is 1. The van der Waals surface area contributed by atoms with Crippen LogP contribution in [0.3, 0.4) is 0 Å². The summed E-state index contributed by atoms with van der Waals surface area (Å²) in [6.07, 6.45) is 3.46. The summed E-state index contributed by atoms with van der Waals surface area (Å²) in [6, 6.07) is 8.09. The van der Waals surface area contributed by atoms with Crippen molar-refractivity contribution in [3.8, 4) is 0 Å². The Balaban J connectivity index is 2.04. The maximum absolute atomic E-state index is 9.48. The summed E-state index contributed by atoms with van der Waals surface area (Å²) in [4.78, 5) is 0. The van der Waals surface area contributed by atoms with Gasteiger partial charge in [-0.3, -0.25) is 4.68 Å². The predicted molar refractivity (Wildman–Crippen MR) is 73.1 cm³/mol. The van der Waals surface area contributed by atoms with Crippen molar-refractivity contribution in [2.45, 2.75) is 12.8 Å². The van der Waals surface area contributed by atoms with E-state index in [1.165, 1.54) is 5.56 Å². The molecule has 1 aromatic carbocycles. The largest absolute Gasteiger partial charge is 0.396 e. The quantitative estimate of drug-likeness (QED) is 0.918. The lowest BCUT2D eigenvalue weighted by atomic mass is 9.96. The third-order valence-electron chi connectivity index (χ3n) is 2.87. The first kappa shape index (κ1) is 13.2. The van der Waals surface area contributed by atoms with Gasteiger partial charge >= 0.3 is 0 Å². The highest BCUT2D eigenvalue weighted by Gasteiger charge is 2.13. The highest BCUT2D eigenvalue weighted by molar-refractivity contribution is 9.10. The SMILES string of the molecule is Cn1cc(CC(CO)Cc2ccccc2Br)nn1. The van der Waals surface area contributed by atoms with Crippen molar-refractivity contribution in [1.82, 2.24) is 15.0 Å². The Morgan fingerprint density at radius 1 is 1.33 bits per heavy atom. The molecule has 5 heteroatoms. The first-order chi connectivity index (χ1) is 8.69. The van der Waals surface area contributed by atoms with Gasteiger partial charge in [0.15, 0.2) is 0 Å². The fraction of sp³-hybridized carbons (Fsp3) is 0.385. The minimum Gasteiger partial charge on any atom is -0.396 e. The maximum Gasteiger partial charge on any atom is 0.0830 e. The Hall–Kier alpha value is -1.20. The van der Waals surface area contributed by atoms with Crippen LogP contribution in [0.1, 0.15) is 11.3 Å². The van der Waals surface area contributed by atoms with Crippen LogP contribution in [0.25, 0.3) is 0 Å². The van der Waals surface area contributed by atoms with E-state index in [1.54, 1.807) is 4.68 Å². The van der Waals surface area contributed by atoms with E-state index >= 15 is 0 Å². The molecule has 0 saturated heterocycles. The molecule has 4 nitrogen and oxygen atoms in total. The molecule has 2 aromatic rings. The van der Waals surface area contributed by atoms with Gasteiger partial charge in [-0.15, -0.1) is 5.10 Å². The number of halogens is 1. The van der Waals surface area contributed by atoms with E-state index in [0.29, 0.717) is 0 Å². The van der Waals surface area contributed by atoms with Gasteiger partial charge in [-0.2, -0.15) is 0 Å². The van der Waals surface area contributed by atoms with Crippen LogP contribution < -0.4 is 0 Å². The van der Waals surface area contributed by atoms with Gasteiger partial charge in [-0.1, -0.05) is 39.3 Å². The van der Waals surface area contributed by atoms with Crippen molar-refractivity contribution >= 4 is 15.9 Å². The van der Waals surface area contributed by atoms with E-state index in [2.05, 4.69) is 32.3 Å². The van der Waals surface area contributed by atoms with Crippen molar-refractivity contribution in [3.63, 3.8) is 0 Å². The molecule has 0 fully saturated rings. The second-order valence-corrected chi connectivity index (χ2v) is 5.29. The fourth-order valence-electron chi connectivity index (χ4n) is 1.96. The number of aliphatic hydroxyl groups excluding tert-OH is 1. The van der Waals surface area contributed by atoms with Crippen LogP contribution in [0.4, 0.5) is 0 Å². The summed E-state index contributed by atoms with van der Waals surface area (Å²) in [6.45, 7) is 0.151. The minimum atomic E-state index is 0.151. The molecular formula is C13H16BrN3O. The lowest BCUT2D eigenvalue weighted by Gasteiger charge is -2.13. The standard InChI is InChI=1S/C13H16BrN3O/c1-17-8-12(15-16-17)7-10(9-18)6-11-4-2-3-5-13(11)14/h2-5,8,10,18H,6-7,9H2,1H3. The van der Waals surface area contributed by atoms with Crippen molar-refractivity contribution in [2.24, 2.45) is 13.0 Å². The Morgan fingerprint density at radius 2 is 2.11 bits per heavy atom. The molecule has 0 aliphatic rings. The zero-order valence-corrected chi connectivity index (χ0v) is 11.8. The van der Waals surface area contributed by atoms with Gasteiger partial charge in [0.2, 0.25) is 0 Å². The highest BCUT2D eigenvalue weighted by atomic mass is 79.9. The van der Waals surface area contributed by atoms with Crippen LogP contribution in [-0.2, 0) is 19.9 Å². The average molecular weight is 310 g/mol. The van der Waals surface area contributed by atoms with Crippen molar-refractivity contribution in [2.75, 3.05) is 6.61 Å². The van der Waals surface area contributed by atoms with E-state index in [0.717, 1.165) is 23.0 Å². The van der Waals surface area contributed by atoms with E-state index in [-0.39, 0.29) is 12.5 Å². The molecule has 0 bridgehead atoms. The summed E-state index contributed by atoms with van der Waals surface area (Å²) in [7, 11) is 1.85. The van der Waals surface area contributed by atoms with Crippen LogP contribution in [0.15, 0.2) is 34.9 Å². The van der Waals surface area contributed by atoms with Crippen molar-refractivity contribution in [1.29, 1.82) is 0 Å². The van der Waals surface area contributed by atoms with Gasteiger partial charge in [0.1, 0.15) is 0 Å². The fourth-order valence-corrected chi connectivity index (χ4v) is 2.41. The monoisotopic (exact) mass is 309 g/mol. The van der Waals surface area contributed by atoms with Gasteiger partial charge in [-0.25, -0.2) is 0 Å². The smallest absolute Gasteiger partial charge is 0.0830 e. The number of aromatic nitrogens is 3. The highest BCUT2D eigenvalue weighted by Crippen LogP contribution is 2.20. The average Bonchev–Trinajstić information content (AvgIpc) is 2.76. The topological polar surface area (TPSA) is 50.9 Å². The number of nitrogens with zero attached hydrogens (tertiary/aromatic N) is 3. The molecule has 1 aromatic heterocycles. The second-order valence-electron chi connectivity index (χ2n) is 4.43. The summed E-state index contributed by atoms with van der Waals surface area (Å²) >= 11 is 3.53. The Labute approximate surface area is 115 Å². The van der Waals surface area contributed by atoms with E-state index in [4.69, 9.17) is 0 Å². The van der Waals surface area contributed by atoms with Gasteiger partial charge in [-0.05, 0) is 30.4 Å². The number of rotatable bonds is 5. The van der Waals surface area contributed by atoms with E-state index < -0.39 is 0 Å². The zero-order valence-electron chi connectivity index (χ0n) is 10.3. The third kappa shape index (κ3) is 3.40. The normalized spacial score (nSPS) is 12.6. The minimum absolute atomic E-state index is 0.151. The molecule has 0 aliphatic heterocycles. The maximum atomic E-state index is 9.48. The lowest BCUT2D eigenvalue weighted by molar-refractivity contribution is 0.224. The molecule has 0 aliphatic carbocycles. The van der Waals surface area contributed by atoms with Crippen molar-refractivity contribution in [3.05, 3.63) is 46.2 Å². The zero-order chi connectivity index (χ0) is 13.0. The number of hydrogen-bond donors (Lipinski definition) is 1. The molecule has 1 unspecified atom stereocenters. The second kappa shape index (κ2) is 6.11. The van der Waals surface area contributed by atoms with Gasteiger partial charge in [0.25, 0.3) is 0 Å². The molecule has 96 valence electrons.